The van der Waals surface area contributed by atoms with Gasteiger partial charge in [0.25, 0.3) is 0 Å². The summed E-state index contributed by atoms with van der Waals surface area (Å²) in [5.41, 5.74) is 9.13. The number of hydrogen-bond donors (Lipinski definition) is 1. The van der Waals surface area contributed by atoms with Gasteiger partial charge in [-0.1, -0.05) is 29.8 Å². The summed E-state index contributed by atoms with van der Waals surface area (Å²) in [6, 6.07) is 12.7. The summed E-state index contributed by atoms with van der Waals surface area (Å²) in [6.07, 6.45) is 1.73. The average Bonchev–Trinajstić information content (AvgIpc) is 2.49. The number of nitrogens with zero attached hydrogens (tertiary/aromatic N) is 3. The highest BCUT2D eigenvalue weighted by molar-refractivity contribution is 5.46. The van der Waals surface area contributed by atoms with Crippen molar-refractivity contribution in [3.05, 3.63) is 53.7 Å². The van der Waals surface area contributed by atoms with E-state index in [1.165, 1.54) is 11.1 Å². The van der Waals surface area contributed by atoms with Crippen LogP contribution in [-0.2, 0) is 6.54 Å². The minimum Gasteiger partial charge on any atom is -0.397 e. The van der Waals surface area contributed by atoms with Crippen LogP contribution in [0.15, 0.2) is 42.6 Å². The van der Waals surface area contributed by atoms with E-state index in [0.29, 0.717) is 0 Å². The standard InChI is InChI=1S/C17H22N4/c1-14-3-2-4-15(11-14)13-20-7-9-21(10-8-20)17-6-5-16(18)12-19-17/h2-6,11-12H,7-10,13,18H2,1H3. The number of nitrogen functional groups attached to an aromatic ring is 1. The van der Waals surface area contributed by atoms with Crippen molar-refractivity contribution in [1.82, 2.24) is 9.88 Å². The Morgan fingerprint density at radius 3 is 2.57 bits per heavy atom. The fourth-order valence-corrected chi connectivity index (χ4v) is 2.79. The predicted octanol–water partition coefficient (Wildman–Crippen LogP) is 2.29. The first-order valence-corrected chi connectivity index (χ1v) is 7.45. The monoisotopic (exact) mass is 282 g/mol. The van der Waals surface area contributed by atoms with Gasteiger partial charge in [0.05, 0.1) is 11.9 Å². The molecule has 0 aliphatic carbocycles. The summed E-state index contributed by atoms with van der Waals surface area (Å²) in [4.78, 5) is 9.23. The number of aromatic nitrogens is 1. The molecule has 0 unspecified atom stereocenters. The molecule has 0 amide bonds. The Morgan fingerprint density at radius 1 is 1.10 bits per heavy atom. The van der Waals surface area contributed by atoms with Gasteiger partial charge in [-0.15, -0.1) is 0 Å². The van der Waals surface area contributed by atoms with Crippen LogP contribution in [0.25, 0.3) is 0 Å². The Kier molecular flexibility index (Phi) is 4.06. The van der Waals surface area contributed by atoms with E-state index >= 15 is 0 Å². The number of aryl methyl sites for hydroxylation is 1. The van der Waals surface area contributed by atoms with Crippen molar-refractivity contribution in [2.45, 2.75) is 13.5 Å². The van der Waals surface area contributed by atoms with Gasteiger partial charge in [0, 0.05) is 32.7 Å². The number of hydrogen-bond acceptors (Lipinski definition) is 4. The van der Waals surface area contributed by atoms with Gasteiger partial charge in [-0.25, -0.2) is 4.98 Å². The van der Waals surface area contributed by atoms with Crippen molar-refractivity contribution in [3.63, 3.8) is 0 Å². The van der Waals surface area contributed by atoms with Crippen molar-refractivity contribution in [3.8, 4) is 0 Å². The minimum absolute atomic E-state index is 0.719. The first-order chi connectivity index (χ1) is 10.2. The van der Waals surface area contributed by atoms with Crippen molar-refractivity contribution < 1.29 is 0 Å². The SMILES string of the molecule is Cc1cccc(CN2CCN(c3ccc(N)cn3)CC2)c1. The molecule has 0 saturated carbocycles. The highest BCUT2D eigenvalue weighted by Crippen LogP contribution is 2.16. The van der Waals surface area contributed by atoms with E-state index < -0.39 is 0 Å². The maximum atomic E-state index is 5.69. The molecule has 2 N–H and O–H groups in total. The molecule has 0 bridgehead atoms. The highest BCUT2D eigenvalue weighted by Gasteiger charge is 2.17. The molecule has 110 valence electrons. The maximum absolute atomic E-state index is 5.69. The highest BCUT2D eigenvalue weighted by atomic mass is 15.3. The molecule has 1 saturated heterocycles. The zero-order valence-electron chi connectivity index (χ0n) is 12.5. The molecule has 1 aromatic carbocycles. The topological polar surface area (TPSA) is 45.4 Å². The zero-order valence-corrected chi connectivity index (χ0v) is 12.5. The van der Waals surface area contributed by atoms with Crippen molar-refractivity contribution >= 4 is 11.5 Å². The van der Waals surface area contributed by atoms with Gasteiger partial charge in [-0.05, 0) is 24.6 Å². The fourth-order valence-electron chi connectivity index (χ4n) is 2.79. The Hall–Kier alpha value is -2.07. The molecule has 3 rings (SSSR count). The van der Waals surface area contributed by atoms with Crippen LogP contribution in [0.3, 0.4) is 0 Å². The van der Waals surface area contributed by atoms with E-state index in [0.717, 1.165) is 44.2 Å². The molecule has 2 aromatic rings. The second-order valence-corrected chi connectivity index (χ2v) is 5.70. The van der Waals surface area contributed by atoms with Gasteiger partial charge < -0.3 is 10.6 Å². The molecule has 2 heterocycles. The van der Waals surface area contributed by atoms with E-state index in [1.54, 1.807) is 6.20 Å². The Morgan fingerprint density at radius 2 is 1.90 bits per heavy atom. The summed E-state index contributed by atoms with van der Waals surface area (Å²) < 4.78 is 0. The third-order valence-corrected chi connectivity index (χ3v) is 3.96. The molecule has 0 atom stereocenters. The normalized spacial score (nSPS) is 16.1. The second-order valence-electron chi connectivity index (χ2n) is 5.70. The summed E-state index contributed by atoms with van der Waals surface area (Å²) in [7, 11) is 0. The molecule has 1 fully saturated rings. The summed E-state index contributed by atoms with van der Waals surface area (Å²) in [5, 5.41) is 0. The lowest BCUT2D eigenvalue weighted by molar-refractivity contribution is 0.249. The van der Waals surface area contributed by atoms with Crippen LogP contribution >= 0.6 is 0 Å². The fraction of sp³-hybridized carbons (Fsp3) is 0.353. The van der Waals surface area contributed by atoms with Crippen LogP contribution in [0.4, 0.5) is 11.5 Å². The number of anilines is 2. The molecule has 0 spiro atoms. The minimum atomic E-state index is 0.719. The van der Waals surface area contributed by atoms with Gasteiger partial charge >= 0.3 is 0 Å². The molecule has 1 aromatic heterocycles. The van der Waals surface area contributed by atoms with Gasteiger partial charge in [0.15, 0.2) is 0 Å². The van der Waals surface area contributed by atoms with Crippen molar-refractivity contribution in [2.75, 3.05) is 36.8 Å². The van der Waals surface area contributed by atoms with Crippen LogP contribution in [0, 0.1) is 6.92 Å². The Balaban J connectivity index is 1.56. The predicted molar refractivity (Wildman–Crippen MR) is 87.3 cm³/mol. The lowest BCUT2D eigenvalue weighted by Crippen LogP contribution is -2.46. The smallest absolute Gasteiger partial charge is 0.128 e. The molecule has 1 aliphatic heterocycles. The van der Waals surface area contributed by atoms with Crippen LogP contribution in [0.5, 0.6) is 0 Å². The van der Waals surface area contributed by atoms with Crippen LogP contribution in [0.1, 0.15) is 11.1 Å². The Labute approximate surface area is 126 Å². The van der Waals surface area contributed by atoms with E-state index in [1.807, 2.05) is 12.1 Å². The van der Waals surface area contributed by atoms with E-state index in [9.17, 15) is 0 Å². The molecule has 1 aliphatic rings. The molecule has 4 heteroatoms. The number of rotatable bonds is 3. The maximum Gasteiger partial charge on any atom is 0.128 e. The summed E-state index contributed by atoms with van der Waals surface area (Å²) >= 11 is 0. The van der Waals surface area contributed by atoms with Crippen molar-refractivity contribution in [1.29, 1.82) is 0 Å². The van der Waals surface area contributed by atoms with Crippen LogP contribution in [-0.4, -0.2) is 36.1 Å². The van der Waals surface area contributed by atoms with Crippen molar-refractivity contribution in [2.24, 2.45) is 0 Å². The first kappa shape index (κ1) is 13.9. The first-order valence-electron chi connectivity index (χ1n) is 7.45. The number of nitrogens with two attached hydrogens (primary N) is 1. The molecule has 21 heavy (non-hydrogen) atoms. The average molecular weight is 282 g/mol. The third-order valence-electron chi connectivity index (χ3n) is 3.96. The molecular weight excluding hydrogens is 260 g/mol. The number of piperazine rings is 1. The van der Waals surface area contributed by atoms with Gasteiger partial charge in [-0.3, -0.25) is 4.90 Å². The number of pyridine rings is 1. The van der Waals surface area contributed by atoms with E-state index in [2.05, 4.69) is 46.0 Å². The van der Waals surface area contributed by atoms with Gasteiger partial charge in [0.1, 0.15) is 5.82 Å². The van der Waals surface area contributed by atoms with Crippen LogP contribution in [0.2, 0.25) is 0 Å². The van der Waals surface area contributed by atoms with Gasteiger partial charge in [0.2, 0.25) is 0 Å². The molecular formula is C17H22N4. The van der Waals surface area contributed by atoms with Crippen LogP contribution < -0.4 is 10.6 Å². The van der Waals surface area contributed by atoms with Gasteiger partial charge in [-0.2, -0.15) is 0 Å². The molecule has 0 radical (unpaired) electrons. The second kappa shape index (κ2) is 6.14. The lowest BCUT2D eigenvalue weighted by Gasteiger charge is -2.35. The Bertz CT molecular complexity index is 586. The largest absolute Gasteiger partial charge is 0.397 e. The molecule has 4 nitrogen and oxygen atoms in total. The van der Waals surface area contributed by atoms with E-state index in [-0.39, 0.29) is 0 Å². The summed E-state index contributed by atoms with van der Waals surface area (Å²) in [5.74, 6) is 1.03. The van der Waals surface area contributed by atoms with E-state index in [4.69, 9.17) is 5.73 Å². The number of benzene rings is 1. The zero-order chi connectivity index (χ0) is 14.7. The quantitative estimate of drug-likeness (QED) is 0.938. The third kappa shape index (κ3) is 3.52. The summed E-state index contributed by atoms with van der Waals surface area (Å²) in [6.45, 7) is 7.35. The lowest BCUT2D eigenvalue weighted by atomic mass is 10.1.